The van der Waals surface area contributed by atoms with Crippen molar-refractivity contribution < 1.29 is 15.1 Å². The highest BCUT2D eigenvalue weighted by atomic mass is 16.6. The van der Waals surface area contributed by atoms with E-state index in [1.807, 2.05) is 6.07 Å². The molecule has 4 rings (SSSR count). The quantitative estimate of drug-likeness (QED) is 0.782. The Morgan fingerprint density at radius 2 is 2.13 bits per heavy atom. The molecule has 4 nitrogen and oxygen atoms in total. The van der Waals surface area contributed by atoms with Crippen LogP contribution in [0, 0.1) is 17.3 Å². The van der Waals surface area contributed by atoms with Crippen molar-refractivity contribution in [2.45, 2.75) is 51.0 Å². The molecule has 3 aliphatic rings. The van der Waals surface area contributed by atoms with Gasteiger partial charge in [-0.1, -0.05) is 18.1 Å². The first-order valence-corrected chi connectivity index (χ1v) is 8.65. The fourth-order valence-electron chi connectivity index (χ4n) is 5.67. The highest BCUT2D eigenvalue weighted by molar-refractivity contribution is 5.92. The van der Waals surface area contributed by atoms with Gasteiger partial charge >= 0.3 is 0 Å². The second-order valence-corrected chi connectivity index (χ2v) is 7.67. The van der Waals surface area contributed by atoms with Crippen LogP contribution in [-0.2, 0) is 11.3 Å². The number of nitrogens with zero attached hydrogens (tertiary/aromatic N) is 1. The molecule has 0 bridgehead atoms. The summed E-state index contributed by atoms with van der Waals surface area (Å²) in [6, 6.07) is 5.82. The maximum atomic E-state index is 10.7. The summed E-state index contributed by atoms with van der Waals surface area (Å²) in [5, 5.41) is 24.7. The van der Waals surface area contributed by atoms with E-state index in [0.717, 1.165) is 31.4 Å². The molecule has 0 amide bonds. The van der Waals surface area contributed by atoms with Crippen LogP contribution < -0.4 is 0 Å². The molecule has 4 heteroatoms. The van der Waals surface area contributed by atoms with Crippen molar-refractivity contribution in [1.29, 1.82) is 0 Å². The van der Waals surface area contributed by atoms with Gasteiger partial charge in [0.15, 0.2) is 0 Å². The van der Waals surface area contributed by atoms with Crippen molar-refractivity contribution in [2.75, 3.05) is 7.11 Å². The molecule has 0 saturated heterocycles. The Kier molecular flexibility index (Phi) is 3.41. The van der Waals surface area contributed by atoms with E-state index in [2.05, 4.69) is 18.1 Å². The van der Waals surface area contributed by atoms with E-state index in [0.29, 0.717) is 24.0 Å². The van der Waals surface area contributed by atoms with Crippen LogP contribution in [0.4, 0.5) is 0 Å². The maximum absolute atomic E-state index is 10.7. The van der Waals surface area contributed by atoms with Gasteiger partial charge in [0, 0.05) is 11.8 Å². The number of hydrogen-bond donors (Lipinski definition) is 2. The van der Waals surface area contributed by atoms with Gasteiger partial charge in [-0.05, 0) is 66.7 Å². The van der Waals surface area contributed by atoms with Crippen LogP contribution in [0.15, 0.2) is 23.4 Å². The van der Waals surface area contributed by atoms with Gasteiger partial charge in [-0.2, -0.15) is 0 Å². The zero-order chi connectivity index (χ0) is 16.2. The smallest absolute Gasteiger partial charge is 0.115 e. The predicted molar refractivity (Wildman–Crippen MR) is 88.6 cm³/mol. The van der Waals surface area contributed by atoms with E-state index in [-0.39, 0.29) is 17.4 Å². The summed E-state index contributed by atoms with van der Waals surface area (Å²) in [6.07, 6.45) is 4.55. The average Bonchev–Trinajstić information content (AvgIpc) is 2.78. The normalized spacial score (nSPS) is 40.4. The third-order valence-electron chi connectivity index (χ3n) is 6.64. The third kappa shape index (κ3) is 2.11. The number of phenolic OH excluding ortho intramolecular Hbond substituents is 1. The van der Waals surface area contributed by atoms with Gasteiger partial charge in [0.2, 0.25) is 0 Å². The Morgan fingerprint density at radius 1 is 1.30 bits per heavy atom. The molecule has 23 heavy (non-hydrogen) atoms. The number of aromatic hydroxyl groups is 1. The van der Waals surface area contributed by atoms with Crippen LogP contribution >= 0.6 is 0 Å². The Balaban J connectivity index is 1.72. The topological polar surface area (TPSA) is 62.0 Å². The molecule has 2 N–H and O–H groups in total. The van der Waals surface area contributed by atoms with Crippen molar-refractivity contribution in [1.82, 2.24) is 0 Å². The van der Waals surface area contributed by atoms with Crippen LogP contribution in [0.3, 0.4) is 0 Å². The highest BCUT2D eigenvalue weighted by Crippen LogP contribution is 2.60. The van der Waals surface area contributed by atoms with Crippen molar-refractivity contribution in [3.8, 4) is 5.75 Å². The standard InChI is InChI=1S/C19H25NO3/c1-19-8-7-14-13-6-4-12(21)9-11(13)3-5-15(14)18(19)16(22)10-17(19)20-23-2/h4,6,9,14-16,18,21-22H,3,5,7-8,10H2,1-2H3. The minimum Gasteiger partial charge on any atom is -0.508 e. The van der Waals surface area contributed by atoms with E-state index < -0.39 is 0 Å². The summed E-state index contributed by atoms with van der Waals surface area (Å²) >= 11 is 0. The summed E-state index contributed by atoms with van der Waals surface area (Å²) in [5.41, 5.74) is 3.66. The SMILES string of the molecule is CON=C1CC(O)C2C3CCc4cc(O)ccc4C3CCC12C. The monoisotopic (exact) mass is 315 g/mol. The molecule has 2 fully saturated rings. The number of phenols is 1. The Hall–Kier alpha value is -1.55. The van der Waals surface area contributed by atoms with Gasteiger partial charge in [-0.25, -0.2) is 0 Å². The largest absolute Gasteiger partial charge is 0.508 e. The number of fused-ring (bicyclic) bond motifs is 5. The summed E-state index contributed by atoms with van der Waals surface area (Å²) in [4.78, 5) is 5.04. The number of rotatable bonds is 1. The molecule has 3 aliphatic carbocycles. The minimum absolute atomic E-state index is 0.0367. The summed E-state index contributed by atoms with van der Waals surface area (Å²) in [6.45, 7) is 2.26. The molecule has 0 aliphatic heterocycles. The van der Waals surface area contributed by atoms with Gasteiger partial charge in [-0.15, -0.1) is 0 Å². The lowest BCUT2D eigenvalue weighted by atomic mass is 9.55. The zero-order valence-electron chi connectivity index (χ0n) is 13.8. The van der Waals surface area contributed by atoms with Crippen LogP contribution in [0.2, 0.25) is 0 Å². The van der Waals surface area contributed by atoms with Gasteiger partial charge < -0.3 is 15.1 Å². The van der Waals surface area contributed by atoms with Gasteiger partial charge in [0.1, 0.15) is 12.9 Å². The number of hydrogen-bond acceptors (Lipinski definition) is 4. The first kappa shape index (κ1) is 15.0. The zero-order valence-corrected chi connectivity index (χ0v) is 13.8. The molecule has 0 heterocycles. The predicted octanol–water partition coefficient (Wildman–Crippen LogP) is 3.22. The molecular formula is C19H25NO3. The molecule has 1 aromatic rings. The summed E-state index contributed by atoms with van der Waals surface area (Å²) in [5.74, 6) is 1.61. The molecule has 0 spiro atoms. The third-order valence-corrected chi connectivity index (χ3v) is 6.64. The summed E-state index contributed by atoms with van der Waals surface area (Å²) in [7, 11) is 1.59. The average molecular weight is 315 g/mol. The Bertz CT molecular complexity index is 656. The van der Waals surface area contributed by atoms with E-state index in [1.165, 1.54) is 11.1 Å². The van der Waals surface area contributed by atoms with E-state index in [4.69, 9.17) is 4.84 Å². The van der Waals surface area contributed by atoms with Gasteiger partial charge in [0.25, 0.3) is 0 Å². The molecular weight excluding hydrogens is 290 g/mol. The van der Waals surface area contributed by atoms with Crippen molar-refractivity contribution in [2.24, 2.45) is 22.4 Å². The molecule has 124 valence electrons. The fraction of sp³-hybridized carbons (Fsp3) is 0.632. The lowest BCUT2D eigenvalue weighted by molar-refractivity contribution is 0.00214. The number of aliphatic hydroxyl groups is 1. The van der Waals surface area contributed by atoms with Crippen LogP contribution in [0.25, 0.3) is 0 Å². The van der Waals surface area contributed by atoms with Crippen molar-refractivity contribution in [3.05, 3.63) is 29.3 Å². The lowest BCUT2D eigenvalue weighted by Gasteiger charge is -2.49. The molecule has 0 radical (unpaired) electrons. The molecule has 1 aromatic carbocycles. The molecule has 0 aromatic heterocycles. The number of oxime groups is 1. The number of aliphatic hydroxyl groups excluding tert-OH is 1. The second kappa shape index (κ2) is 5.23. The molecule has 2 saturated carbocycles. The van der Waals surface area contributed by atoms with E-state index in [1.54, 1.807) is 13.2 Å². The Morgan fingerprint density at radius 3 is 2.91 bits per heavy atom. The number of benzene rings is 1. The highest BCUT2D eigenvalue weighted by Gasteiger charge is 2.57. The Labute approximate surface area is 137 Å². The first-order valence-electron chi connectivity index (χ1n) is 8.65. The second-order valence-electron chi connectivity index (χ2n) is 7.67. The van der Waals surface area contributed by atoms with Crippen LogP contribution in [0.1, 0.15) is 49.7 Å². The maximum Gasteiger partial charge on any atom is 0.115 e. The van der Waals surface area contributed by atoms with Gasteiger partial charge in [-0.3, -0.25) is 0 Å². The minimum atomic E-state index is -0.319. The van der Waals surface area contributed by atoms with Crippen molar-refractivity contribution >= 4 is 5.71 Å². The molecule has 5 atom stereocenters. The van der Waals surface area contributed by atoms with Crippen LogP contribution in [-0.4, -0.2) is 29.1 Å². The van der Waals surface area contributed by atoms with Gasteiger partial charge in [0.05, 0.1) is 11.8 Å². The lowest BCUT2D eigenvalue weighted by Crippen LogP contribution is -2.45. The van der Waals surface area contributed by atoms with E-state index in [9.17, 15) is 10.2 Å². The fourth-order valence-corrected chi connectivity index (χ4v) is 5.67. The van der Waals surface area contributed by atoms with Crippen molar-refractivity contribution in [3.63, 3.8) is 0 Å². The van der Waals surface area contributed by atoms with Crippen LogP contribution in [0.5, 0.6) is 5.75 Å². The first-order chi connectivity index (χ1) is 11.0. The summed E-state index contributed by atoms with van der Waals surface area (Å²) < 4.78 is 0. The number of aryl methyl sites for hydroxylation is 1. The van der Waals surface area contributed by atoms with E-state index >= 15 is 0 Å². The molecule has 5 unspecified atom stereocenters.